The predicted octanol–water partition coefficient (Wildman–Crippen LogP) is 2.81. The van der Waals surface area contributed by atoms with E-state index in [0.29, 0.717) is 22.8 Å². The molecule has 0 fully saturated rings. The molecule has 0 aromatic heterocycles. The third-order valence-electron chi connectivity index (χ3n) is 3.18. The first kappa shape index (κ1) is 12.5. The van der Waals surface area contributed by atoms with Crippen LogP contribution in [0.4, 0.5) is 0 Å². The lowest BCUT2D eigenvalue weighted by molar-refractivity contribution is 0.171. The maximum absolute atomic E-state index is 10.2. The zero-order valence-corrected chi connectivity index (χ0v) is 11.2. The van der Waals surface area contributed by atoms with Crippen LogP contribution in [0, 0.1) is 0 Å². The van der Waals surface area contributed by atoms with Crippen molar-refractivity contribution in [2.24, 2.45) is 0 Å². The Balaban J connectivity index is 2.17. The summed E-state index contributed by atoms with van der Waals surface area (Å²) in [5.41, 5.74) is 1.37. The highest BCUT2D eigenvalue weighted by atomic mass is 16.7. The summed E-state index contributed by atoms with van der Waals surface area (Å²) in [6.45, 7) is 0.122. The Morgan fingerprint density at radius 2 is 1.80 bits per heavy atom. The van der Waals surface area contributed by atoms with E-state index >= 15 is 0 Å². The van der Waals surface area contributed by atoms with Crippen molar-refractivity contribution in [2.45, 2.75) is 0 Å². The van der Waals surface area contributed by atoms with Crippen LogP contribution >= 0.6 is 0 Å². The molecule has 5 nitrogen and oxygen atoms in total. The van der Waals surface area contributed by atoms with E-state index in [-0.39, 0.29) is 12.5 Å². The van der Waals surface area contributed by atoms with E-state index in [1.807, 2.05) is 24.3 Å². The molecule has 0 spiro atoms. The van der Waals surface area contributed by atoms with Crippen LogP contribution in [0.5, 0.6) is 28.7 Å². The Labute approximate surface area is 116 Å². The second-order valence-electron chi connectivity index (χ2n) is 4.27. The molecule has 0 atom stereocenters. The third-order valence-corrected chi connectivity index (χ3v) is 3.18. The standard InChI is InChI=1S/C15H14O5/c1-17-10-5-3-9(4-6-10)13-11(16)7-12-14(15(13)18-2)20-8-19-12/h3-7,16H,8H2,1-2H3. The van der Waals surface area contributed by atoms with E-state index < -0.39 is 0 Å². The summed E-state index contributed by atoms with van der Waals surface area (Å²) in [5, 5.41) is 10.2. The number of hydrogen-bond acceptors (Lipinski definition) is 5. The van der Waals surface area contributed by atoms with Crippen LogP contribution in [0.25, 0.3) is 11.1 Å². The topological polar surface area (TPSA) is 57.2 Å². The van der Waals surface area contributed by atoms with E-state index in [1.165, 1.54) is 13.2 Å². The van der Waals surface area contributed by atoms with Gasteiger partial charge in [-0.3, -0.25) is 0 Å². The lowest BCUT2D eigenvalue weighted by Crippen LogP contribution is -1.94. The SMILES string of the molecule is COc1ccc(-c2c(O)cc3c(c2OC)OCO3)cc1. The van der Waals surface area contributed by atoms with Crippen LogP contribution in [0.3, 0.4) is 0 Å². The Bertz CT molecular complexity index is 634. The number of ether oxygens (including phenoxy) is 4. The second kappa shape index (κ2) is 4.85. The first-order chi connectivity index (χ1) is 9.74. The molecule has 2 aromatic rings. The van der Waals surface area contributed by atoms with Crippen LogP contribution in [0.2, 0.25) is 0 Å². The van der Waals surface area contributed by atoms with Crippen molar-refractivity contribution in [1.82, 2.24) is 0 Å². The fourth-order valence-corrected chi connectivity index (χ4v) is 2.23. The first-order valence-corrected chi connectivity index (χ1v) is 6.08. The van der Waals surface area contributed by atoms with Crippen LogP contribution < -0.4 is 18.9 Å². The molecule has 0 saturated carbocycles. The molecule has 0 radical (unpaired) electrons. The third kappa shape index (κ3) is 1.87. The van der Waals surface area contributed by atoms with Crippen molar-refractivity contribution in [3.8, 4) is 39.9 Å². The van der Waals surface area contributed by atoms with Gasteiger partial charge in [0.15, 0.2) is 11.5 Å². The average Bonchev–Trinajstić information content (AvgIpc) is 2.93. The maximum atomic E-state index is 10.2. The highest BCUT2D eigenvalue weighted by Gasteiger charge is 2.26. The number of phenols is 1. The fraction of sp³-hybridized carbons (Fsp3) is 0.200. The molecule has 0 amide bonds. The van der Waals surface area contributed by atoms with Gasteiger partial charge in [0.05, 0.1) is 19.8 Å². The van der Waals surface area contributed by atoms with Crippen LogP contribution in [-0.4, -0.2) is 26.1 Å². The Morgan fingerprint density at radius 3 is 2.45 bits per heavy atom. The van der Waals surface area contributed by atoms with Crippen LogP contribution in [0.15, 0.2) is 30.3 Å². The molecule has 0 bridgehead atoms. The van der Waals surface area contributed by atoms with Gasteiger partial charge in [0.1, 0.15) is 11.5 Å². The minimum Gasteiger partial charge on any atom is -0.507 e. The minimum atomic E-state index is 0.0799. The van der Waals surface area contributed by atoms with Crippen LogP contribution in [0.1, 0.15) is 0 Å². The second-order valence-corrected chi connectivity index (χ2v) is 4.27. The molecule has 0 unspecified atom stereocenters. The minimum absolute atomic E-state index is 0.0799. The molecular formula is C15H14O5. The molecule has 0 aliphatic carbocycles. The molecule has 2 aromatic carbocycles. The van der Waals surface area contributed by atoms with Gasteiger partial charge >= 0.3 is 0 Å². The summed E-state index contributed by atoms with van der Waals surface area (Å²) >= 11 is 0. The average molecular weight is 274 g/mol. The van der Waals surface area contributed by atoms with Gasteiger partial charge in [-0.25, -0.2) is 0 Å². The number of fused-ring (bicyclic) bond motifs is 1. The van der Waals surface area contributed by atoms with Gasteiger partial charge < -0.3 is 24.1 Å². The van der Waals surface area contributed by atoms with E-state index in [4.69, 9.17) is 18.9 Å². The van der Waals surface area contributed by atoms with E-state index in [0.717, 1.165) is 11.3 Å². The van der Waals surface area contributed by atoms with Crippen molar-refractivity contribution < 1.29 is 24.1 Å². The Morgan fingerprint density at radius 1 is 1.05 bits per heavy atom. The maximum Gasteiger partial charge on any atom is 0.231 e. The fourth-order valence-electron chi connectivity index (χ4n) is 2.23. The van der Waals surface area contributed by atoms with Crippen LogP contribution in [-0.2, 0) is 0 Å². The number of aromatic hydroxyl groups is 1. The van der Waals surface area contributed by atoms with Crippen molar-refractivity contribution >= 4 is 0 Å². The summed E-state index contributed by atoms with van der Waals surface area (Å²) in [6.07, 6.45) is 0. The van der Waals surface area contributed by atoms with Gasteiger partial charge in [0, 0.05) is 6.07 Å². The zero-order chi connectivity index (χ0) is 14.1. The van der Waals surface area contributed by atoms with Crippen molar-refractivity contribution in [1.29, 1.82) is 0 Å². The quantitative estimate of drug-likeness (QED) is 0.932. The number of rotatable bonds is 3. The van der Waals surface area contributed by atoms with Gasteiger partial charge in [-0.15, -0.1) is 0 Å². The van der Waals surface area contributed by atoms with Crippen molar-refractivity contribution in [3.05, 3.63) is 30.3 Å². The molecule has 3 rings (SSSR count). The van der Waals surface area contributed by atoms with Crippen molar-refractivity contribution in [2.75, 3.05) is 21.0 Å². The van der Waals surface area contributed by atoms with Gasteiger partial charge in [0.25, 0.3) is 0 Å². The number of phenolic OH excluding ortho intramolecular Hbond substituents is 1. The van der Waals surface area contributed by atoms with Gasteiger partial charge in [0.2, 0.25) is 12.5 Å². The van der Waals surface area contributed by atoms with Gasteiger partial charge in [-0.05, 0) is 17.7 Å². The number of hydrogen-bond donors (Lipinski definition) is 1. The Hall–Kier alpha value is -2.56. The molecule has 0 saturated heterocycles. The smallest absolute Gasteiger partial charge is 0.231 e. The highest BCUT2D eigenvalue weighted by molar-refractivity contribution is 5.82. The summed E-state index contributed by atoms with van der Waals surface area (Å²) in [6, 6.07) is 8.86. The molecular weight excluding hydrogens is 260 g/mol. The lowest BCUT2D eigenvalue weighted by atomic mass is 10.0. The monoisotopic (exact) mass is 274 g/mol. The van der Waals surface area contributed by atoms with E-state index in [2.05, 4.69) is 0 Å². The summed E-state index contributed by atoms with van der Waals surface area (Å²) < 4.78 is 21.2. The molecule has 20 heavy (non-hydrogen) atoms. The molecule has 5 heteroatoms. The molecule has 1 aliphatic rings. The summed E-state index contributed by atoms with van der Waals surface area (Å²) in [5.74, 6) is 2.28. The zero-order valence-electron chi connectivity index (χ0n) is 11.2. The number of benzene rings is 2. The summed E-state index contributed by atoms with van der Waals surface area (Å²) in [7, 11) is 3.14. The largest absolute Gasteiger partial charge is 0.507 e. The molecule has 1 N–H and O–H groups in total. The summed E-state index contributed by atoms with van der Waals surface area (Å²) in [4.78, 5) is 0. The lowest BCUT2D eigenvalue weighted by Gasteiger charge is -2.13. The first-order valence-electron chi connectivity index (χ1n) is 6.08. The molecule has 104 valence electrons. The Kier molecular flexibility index (Phi) is 3.02. The van der Waals surface area contributed by atoms with Crippen molar-refractivity contribution in [3.63, 3.8) is 0 Å². The number of methoxy groups -OCH3 is 2. The molecule has 1 heterocycles. The van der Waals surface area contributed by atoms with E-state index in [9.17, 15) is 5.11 Å². The van der Waals surface area contributed by atoms with Gasteiger partial charge in [-0.2, -0.15) is 0 Å². The molecule has 1 aliphatic heterocycles. The van der Waals surface area contributed by atoms with Gasteiger partial charge in [-0.1, -0.05) is 12.1 Å². The predicted molar refractivity (Wildman–Crippen MR) is 72.8 cm³/mol. The highest BCUT2D eigenvalue weighted by Crippen LogP contribution is 2.51. The van der Waals surface area contributed by atoms with E-state index in [1.54, 1.807) is 7.11 Å². The normalized spacial score (nSPS) is 12.3.